The van der Waals surface area contributed by atoms with E-state index in [0.717, 1.165) is 25.7 Å². The van der Waals surface area contributed by atoms with Gasteiger partial charge in [0.1, 0.15) is 0 Å². The first-order chi connectivity index (χ1) is 7.13. The van der Waals surface area contributed by atoms with Crippen molar-refractivity contribution in [1.82, 2.24) is 0 Å². The Morgan fingerprint density at radius 2 is 1.56 bits per heavy atom. The maximum Gasteiger partial charge on any atom is 0.0837 e. The van der Waals surface area contributed by atoms with Crippen molar-refractivity contribution in [2.24, 2.45) is 16.2 Å². The molecule has 0 bridgehead atoms. The van der Waals surface area contributed by atoms with Crippen LogP contribution in [0.3, 0.4) is 0 Å². The molecule has 0 aromatic rings. The standard InChI is InChI=1S/C14H25NO/c1-12(2,3)11(16)14(10-15)8-6-13(4,5)7-9-14/h11,16H,6-9H2,1-5H3. The van der Waals surface area contributed by atoms with Crippen molar-refractivity contribution in [3.05, 3.63) is 0 Å². The van der Waals surface area contributed by atoms with E-state index in [0.29, 0.717) is 5.41 Å². The fourth-order valence-corrected chi connectivity index (χ4v) is 2.65. The second-order valence-corrected chi connectivity index (χ2v) is 7.20. The van der Waals surface area contributed by atoms with Crippen LogP contribution in [0.2, 0.25) is 0 Å². The highest BCUT2D eigenvalue weighted by Gasteiger charge is 2.47. The number of rotatable bonds is 1. The van der Waals surface area contributed by atoms with Gasteiger partial charge in [0.05, 0.1) is 17.6 Å². The SMILES string of the molecule is CC1(C)CCC(C#N)(C(O)C(C)(C)C)CC1. The topological polar surface area (TPSA) is 44.0 Å². The lowest BCUT2D eigenvalue weighted by molar-refractivity contribution is -0.0528. The summed E-state index contributed by atoms with van der Waals surface area (Å²) in [5, 5.41) is 19.8. The molecule has 92 valence electrons. The molecule has 1 N–H and O–H groups in total. The third-order valence-electron chi connectivity index (χ3n) is 4.06. The molecule has 1 fully saturated rings. The molecule has 1 saturated carbocycles. The van der Waals surface area contributed by atoms with E-state index in [2.05, 4.69) is 19.9 Å². The van der Waals surface area contributed by atoms with Gasteiger partial charge in [-0.05, 0) is 36.5 Å². The Bertz CT molecular complexity index is 283. The van der Waals surface area contributed by atoms with Crippen LogP contribution in [0, 0.1) is 27.6 Å². The molecule has 0 amide bonds. The van der Waals surface area contributed by atoms with E-state index in [1.807, 2.05) is 20.8 Å². The van der Waals surface area contributed by atoms with E-state index in [1.165, 1.54) is 0 Å². The molecule has 0 aromatic heterocycles. The Morgan fingerprint density at radius 1 is 1.12 bits per heavy atom. The monoisotopic (exact) mass is 223 g/mol. The summed E-state index contributed by atoms with van der Waals surface area (Å²) in [7, 11) is 0. The van der Waals surface area contributed by atoms with Crippen LogP contribution in [0.25, 0.3) is 0 Å². The summed E-state index contributed by atoms with van der Waals surface area (Å²) >= 11 is 0. The van der Waals surface area contributed by atoms with E-state index in [1.54, 1.807) is 0 Å². The van der Waals surface area contributed by atoms with Gasteiger partial charge < -0.3 is 5.11 Å². The summed E-state index contributed by atoms with van der Waals surface area (Å²) in [5.74, 6) is 0. The summed E-state index contributed by atoms with van der Waals surface area (Å²) < 4.78 is 0. The fourth-order valence-electron chi connectivity index (χ4n) is 2.65. The summed E-state index contributed by atoms with van der Waals surface area (Å²) in [4.78, 5) is 0. The van der Waals surface area contributed by atoms with Crippen molar-refractivity contribution in [1.29, 1.82) is 5.26 Å². The Morgan fingerprint density at radius 3 is 1.88 bits per heavy atom. The van der Waals surface area contributed by atoms with Gasteiger partial charge >= 0.3 is 0 Å². The highest BCUT2D eigenvalue weighted by atomic mass is 16.3. The zero-order valence-electron chi connectivity index (χ0n) is 11.3. The Kier molecular flexibility index (Phi) is 3.41. The highest BCUT2D eigenvalue weighted by molar-refractivity contribution is 5.09. The Labute approximate surface area is 99.7 Å². The number of aliphatic hydroxyl groups is 1. The number of nitrogens with zero attached hydrogens (tertiary/aromatic N) is 1. The number of hydrogen-bond donors (Lipinski definition) is 1. The average molecular weight is 223 g/mol. The molecule has 1 aliphatic rings. The van der Waals surface area contributed by atoms with E-state index in [-0.39, 0.29) is 5.41 Å². The number of aliphatic hydroxyl groups excluding tert-OH is 1. The number of nitriles is 1. The summed E-state index contributed by atoms with van der Waals surface area (Å²) in [6.45, 7) is 10.5. The molecule has 0 spiro atoms. The minimum absolute atomic E-state index is 0.211. The quantitative estimate of drug-likeness (QED) is 0.739. The predicted octanol–water partition coefficient (Wildman–Crippen LogP) is 3.50. The predicted molar refractivity (Wildman–Crippen MR) is 65.8 cm³/mol. The van der Waals surface area contributed by atoms with Crippen LogP contribution in [-0.4, -0.2) is 11.2 Å². The summed E-state index contributed by atoms with van der Waals surface area (Å²) in [6.07, 6.45) is 3.20. The maximum atomic E-state index is 10.4. The van der Waals surface area contributed by atoms with Crippen molar-refractivity contribution in [3.8, 4) is 6.07 Å². The Balaban J connectivity index is 2.87. The van der Waals surface area contributed by atoms with Crippen LogP contribution in [0.5, 0.6) is 0 Å². The lowest BCUT2D eigenvalue weighted by Gasteiger charge is -2.45. The van der Waals surface area contributed by atoms with Crippen molar-refractivity contribution in [3.63, 3.8) is 0 Å². The molecule has 2 nitrogen and oxygen atoms in total. The van der Waals surface area contributed by atoms with Crippen LogP contribution in [0.4, 0.5) is 0 Å². The summed E-state index contributed by atoms with van der Waals surface area (Å²) in [5.41, 5.74) is -0.400. The molecule has 0 aromatic carbocycles. The van der Waals surface area contributed by atoms with Crippen LogP contribution in [0.15, 0.2) is 0 Å². The minimum Gasteiger partial charge on any atom is -0.391 e. The summed E-state index contributed by atoms with van der Waals surface area (Å²) in [6, 6.07) is 2.41. The van der Waals surface area contributed by atoms with Gasteiger partial charge in [-0.25, -0.2) is 0 Å². The average Bonchev–Trinajstić information content (AvgIpc) is 2.17. The van der Waals surface area contributed by atoms with Gasteiger partial charge in [0, 0.05) is 0 Å². The van der Waals surface area contributed by atoms with Crippen molar-refractivity contribution in [2.45, 2.75) is 66.4 Å². The van der Waals surface area contributed by atoms with Crippen LogP contribution in [-0.2, 0) is 0 Å². The van der Waals surface area contributed by atoms with E-state index >= 15 is 0 Å². The molecule has 1 aliphatic carbocycles. The molecule has 2 heteroatoms. The zero-order valence-corrected chi connectivity index (χ0v) is 11.3. The second kappa shape index (κ2) is 4.04. The third kappa shape index (κ3) is 2.58. The molecular weight excluding hydrogens is 198 g/mol. The van der Waals surface area contributed by atoms with Gasteiger partial charge in [-0.15, -0.1) is 0 Å². The molecule has 16 heavy (non-hydrogen) atoms. The van der Waals surface area contributed by atoms with Crippen LogP contribution in [0.1, 0.15) is 60.3 Å². The van der Waals surface area contributed by atoms with Gasteiger partial charge in [0.2, 0.25) is 0 Å². The van der Waals surface area contributed by atoms with E-state index in [4.69, 9.17) is 0 Å². The molecule has 0 aliphatic heterocycles. The normalized spacial score (nSPS) is 25.8. The fraction of sp³-hybridized carbons (Fsp3) is 0.929. The molecule has 0 heterocycles. The van der Waals surface area contributed by atoms with Crippen molar-refractivity contribution < 1.29 is 5.11 Å². The van der Waals surface area contributed by atoms with Crippen molar-refractivity contribution >= 4 is 0 Å². The first kappa shape index (κ1) is 13.5. The van der Waals surface area contributed by atoms with Gasteiger partial charge in [-0.1, -0.05) is 34.6 Å². The van der Waals surface area contributed by atoms with Gasteiger partial charge in [-0.2, -0.15) is 5.26 Å². The van der Waals surface area contributed by atoms with Crippen LogP contribution < -0.4 is 0 Å². The zero-order chi connectivity index (χ0) is 12.6. The minimum atomic E-state index is -0.527. The maximum absolute atomic E-state index is 10.4. The van der Waals surface area contributed by atoms with Gasteiger partial charge in [-0.3, -0.25) is 0 Å². The molecule has 0 radical (unpaired) electrons. The van der Waals surface area contributed by atoms with E-state index < -0.39 is 11.5 Å². The molecule has 1 atom stereocenters. The third-order valence-corrected chi connectivity index (χ3v) is 4.06. The first-order valence-electron chi connectivity index (χ1n) is 6.22. The number of hydrogen-bond acceptors (Lipinski definition) is 2. The first-order valence-corrected chi connectivity index (χ1v) is 6.22. The lowest BCUT2D eigenvalue weighted by atomic mass is 9.59. The molecule has 1 unspecified atom stereocenters. The highest BCUT2D eigenvalue weighted by Crippen LogP contribution is 2.49. The van der Waals surface area contributed by atoms with Gasteiger partial charge in [0.25, 0.3) is 0 Å². The van der Waals surface area contributed by atoms with Gasteiger partial charge in [0.15, 0.2) is 0 Å². The van der Waals surface area contributed by atoms with Crippen LogP contribution >= 0.6 is 0 Å². The lowest BCUT2D eigenvalue weighted by Crippen LogP contribution is -2.46. The Hall–Kier alpha value is -0.550. The molecular formula is C14H25NO. The largest absolute Gasteiger partial charge is 0.391 e. The molecule has 1 rings (SSSR count). The van der Waals surface area contributed by atoms with E-state index in [9.17, 15) is 10.4 Å². The smallest absolute Gasteiger partial charge is 0.0837 e. The van der Waals surface area contributed by atoms with Crippen molar-refractivity contribution in [2.75, 3.05) is 0 Å². The molecule has 0 saturated heterocycles. The second-order valence-electron chi connectivity index (χ2n) is 7.20.